The molecule has 0 aliphatic carbocycles. The van der Waals surface area contributed by atoms with E-state index in [1.807, 2.05) is 43.3 Å². The first kappa shape index (κ1) is 49.1. The maximum atomic E-state index is 14.6. The van der Waals surface area contributed by atoms with Gasteiger partial charge in [-0.05, 0) is 82.3 Å². The number of esters is 2. The summed E-state index contributed by atoms with van der Waals surface area (Å²) >= 11 is 17.1. The quantitative estimate of drug-likeness (QED) is 0.0937. The average molecular weight is 885 g/mol. The number of carbonyl (C=O) groups excluding carboxylic acids is 5. The number of amides is 3. The predicted molar refractivity (Wildman–Crippen MR) is 230 cm³/mol. The lowest BCUT2D eigenvalue weighted by Crippen LogP contribution is -2.61. The van der Waals surface area contributed by atoms with E-state index in [2.05, 4.69) is 49.9 Å². The maximum absolute atomic E-state index is 14.6. The second kappa shape index (κ2) is 19.9. The Morgan fingerprint density at radius 3 is 2.22 bits per heavy atom. The number of pyridine rings is 1. The highest BCUT2D eigenvalue weighted by molar-refractivity contribution is 6.74. The number of halogens is 3. The van der Waals surface area contributed by atoms with Gasteiger partial charge in [-0.25, -0.2) is 10.4 Å². The van der Waals surface area contributed by atoms with Crippen LogP contribution in [0.25, 0.3) is 17.0 Å². The standard InChI is InChI=1S/C41H60Cl3N5O8Si/c1-24(2)34(35(51)45-25(3)36(52)49-21-13-14-32(48-49)37(53)55-23-41(42,43)44)47-38(54)40(10,27(5)57-58(11,12)39(7,8)9)20-19-29-15-16-30-17-18-31(46-33(30)22-29)26(4)56-28(6)50/h15-20,22,24-27,32,34,48H,13-14,21,23H2,1-12H3,(H,45,51)(H,47,54)/b20-19+/t25-,26+,27?,32?,34-,40?/m0/s1. The first-order valence-electron chi connectivity index (χ1n) is 19.5. The number of nitrogens with one attached hydrogen (secondary N) is 3. The van der Waals surface area contributed by atoms with Crippen LogP contribution in [0.15, 0.2) is 36.4 Å². The minimum atomic E-state index is -2.39. The Bertz CT molecular complexity index is 1850. The number of hydrogen-bond acceptors (Lipinski definition) is 10. The number of hydrazine groups is 1. The number of nitrogens with zero attached hydrogens (tertiary/aromatic N) is 2. The van der Waals surface area contributed by atoms with E-state index < -0.39 is 84.1 Å². The minimum absolute atomic E-state index is 0.148. The molecule has 1 aromatic carbocycles. The third kappa shape index (κ3) is 13.4. The van der Waals surface area contributed by atoms with Crippen molar-refractivity contribution < 1.29 is 37.9 Å². The van der Waals surface area contributed by atoms with Crippen molar-refractivity contribution in [2.75, 3.05) is 13.2 Å². The van der Waals surface area contributed by atoms with Gasteiger partial charge in [0, 0.05) is 18.9 Å². The molecule has 0 bridgehead atoms. The monoisotopic (exact) mass is 883 g/mol. The van der Waals surface area contributed by atoms with Crippen molar-refractivity contribution in [3.05, 3.63) is 47.7 Å². The molecule has 1 fully saturated rings. The van der Waals surface area contributed by atoms with Crippen molar-refractivity contribution in [3.63, 3.8) is 0 Å². The normalized spacial score (nSPS) is 18.6. The lowest BCUT2D eigenvalue weighted by Gasteiger charge is -2.43. The molecule has 58 heavy (non-hydrogen) atoms. The van der Waals surface area contributed by atoms with Gasteiger partial charge >= 0.3 is 11.9 Å². The van der Waals surface area contributed by atoms with E-state index in [4.69, 9.17) is 53.7 Å². The maximum Gasteiger partial charge on any atom is 0.325 e. The van der Waals surface area contributed by atoms with E-state index in [1.165, 1.54) is 18.9 Å². The third-order valence-electron chi connectivity index (χ3n) is 10.8. The number of carbonyl (C=O) groups is 5. The van der Waals surface area contributed by atoms with Crippen LogP contribution >= 0.6 is 34.8 Å². The summed E-state index contributed by atoms with van der Waals surface area (Å²) < 4.78 is 15.4. The third-order valence-corrected chi connectivity index (χ3v) is 15.7. The molecular weight excluding hydrogens is 825 g/mol. The molecule has 1 saturated heterocycles. The zero-order chi connectivity index (χ0) is 44.0. The fourth-order valence-corrected chi connectivity index (χ4v) is 7.64. The Balaban J connectivity index is 1.87. The molecule has 17 heteroatoms. The fraction of sp³-hybridized carbons (Fsp3) is 0.610. The van der Waals surface area contributed by atoms with Crippen molar-refractivity contribution in [2.24, 2.45) is 11.3 Å². The zero-order valence-electron chi connectivity index (χ0n) is 35.6. The topological polar surface area (TPSA) is 165 Å². The van der Waals surface area contributed by atoms with Crippen molar-refractivity contribution in [2.45, 2.75) is 134 Å². The van der Waals surface area contributed by atoms with Gasteiger partial charge in [-0.2, -0.15) is 0 Å². The van der Waals surface area contributed by atoms with E-state index in [1.54, 1.807) is 33.8 Å². The molecule has 3 unspecified atom stereocenters. The van der Waals surface area contributed by atoms with Crippen LogP contribution in [0.2, 0.25) is 18.1 Å². The van der Waals surface area contributed by atoms with Crippen LogP contribution < -0.4 is 16.1 Å². The van der Waals surface area contributed by atoms with Crippen molar-refractivity contribution in [1.29, 1.82) is 0 Å². The number of benzene rings is 1. The van der Waals surface area contributed by atoms with Gasteiger partial charge in [0.1, 0.15) is 30.8 Å². The smallest absolute Gasteiger partial charge is 0.325 e. The van der Waals surface area contributed by atoms with Crippen molar-refractivity contribution in [1.82, 2.24) is 26.1 Å². The summed E-state index contributed by atoms with van der Waals surface area (Å²) in [5.41, 5.74) is 3.65. The predicted octanol–water partition coefficient (Wildman–Crippen LogP) is 7.34. The summed E-state index contributed by atoms with van der Waals surface area (Å²) in [5, 5.41) is 7.75. The van der Waals surface area contributed by atoms with Crippen LogP contribution in [0.3, 0.4) is 0 Å². The highest BCUT2D eigenvalue weighted by Crippen LogP contribution is 2.40. The van der Waals surface area contributed by atoms with Crippen LogP contribution in [-0.2, 0) is 37.9 Å². The molecule has 3 rings (SSSR count). The SMILES string of the molecule is CC(=O)O[C@H](C)c1ccc2ccc(/C=C/C(C)(C(=O)N[C@H](C(=O)N[C@@H](C)C(=O)N3CCCC(C(=O)OCC(Cl)(Cl)Cl)N3)C(C)C)C(C)O[Si](C)(C)C(C)(C)C)cc2n1. The number of aromatic nitrogens is 1. The van der Waals surface area contributed by atoms with E-state index in [0.29, 0.717) is 24.1 Å². The Morgan fingerprint density at radius 1 is 1.00 bits per heavy atom. The summed E-state index contributed by atoms with van der Waals surface area (Å²) in [6.07, 6.45) is 3.38. The molecular formula is C41H60Cl3N5O8Si. The van der Waals surface area contributed by atoms with E-state index in [-0.39, 0.29) is 17.5 Å². The molecule has 322 valence electrons. The van der Waals surface area contributed by atoms with Gasteiger partial charge in [0.05, 0.1) is 22.7 Å². The van der Waals surface area contributed by atoms with Crippen LogP contribution in [0, 0.1) is 11.3 Å². The molecule has 2 aromatic rings. The van der Waals surface area contributed by atoms with E-state index >= 15 is 0 Å². The molecule has 2 heterocycles. The molecule has 1 aliphatic heterocycles. The molecule has 1 aliphatic rings. The van der Waals surface area contributed by atoms with Gasteiger partial charge in [-0.15, -0.1) is 0 Å². The molecule has 0 radical (unpaired) electrons. The molecule has 0 spiro atoms. The summed E-state index contributed by atoms with van der Waals surface area (Å²) in [7, 11) is -2.39. The first-order valence-corrected chi connectivity index (χ1v) is 23.6. The summed E-state index contributed by atoms with van der Waals surface area (Å²) in [5.74, 6) is -2.91. The van der Waals surface area contributed by atoms with Crippen molar-refractivity contribution in [3.8, 4) is 0 Å². The van der Waals surface area contributed by atoms with E-state index in [0.717, 1.165) is 10.9 Å². The largest absolute Gasteiger partial charge is 0.460 e. The Morgan fingerprint density at radius 2 is 1.64 bits per heavy atom. The summed E-state index contributed by atoms with van der Waals surface area (Å²) in [4.78, 5) is 70.8. The Kier molecular flexibility index (Phi) is 16.8. The van der Waals surface area contributed by atoms with Crippen LogP contribution in [0.5, 0.6) is 0 Å². The van der Waals surface area contributed by atoms with Gasteiger partial charge in [-0.1, -0.05) is 99.8 Å². The fourth-order valence-electron chi connectivity index (χ4n) is 5.99. The first-order chi connectivity index (χ1) is 26.6. The van der Waals surface area contributed by atoms with Gasteiger partial charge < -0.3 is 24.5 Å². The van der Waals surface area contributed by atoms with Crippen molar-refractivity contribution >= 4 is 89.8 Å². The van der Waals surface area contributed by atoms with Crippen LogP contribution in [0.4, 0.5) is 0 Å². The second-order valence-corrected chi connectivity index (χ2v) is 24.3. The highest BCUT2D eigenvalue weighted by Gasteiger charge is 2.46. The van der Waals surface area contributed by atoms with Crippen LogP contribution in [0.1, 0.15) is 99.4 Å². The number of alkyl halides is 3. The lowest BCUT2D eigenvalue weighted by molar-refractivity contribution is -0.153. The number of rotatable bonds is 15. The van der Waals surface area contributed by atoms with Gasteiger partial charge in [0.25, 0.3) is 5.91 Å². The number of hydrogen-bond donors (Lipinski definition) is 3. The lowest BCUT2D eigenvalue weighted by atomic mass is 9.82. The van der Waals surface area contributed by atoms with Gasteiger partial charge in [-0.3, -0.25) is 29.0 Å². The molecule has 1 aromatic heterocycles. The molecule has 3 N–H and O–H groups in total. The molecule has 0 saturated carbocycles. The average Bonchev–Trinajstić information content (AvgIpc) is 3.12. The number of fused-ring (bicyclic) bond motifs is 1. The molecule has 13 nitrogen and oxygen atoms in total. The van der Waals surface area contributed by atoms with Gasteiger partial charge in [0.2, 0.25) is 15.6 Å². The van der Waals surface area contributed by atoms with Crippen LogP contribution in [-0.4, -0.2) is 89.1 Å². The zero-order valence-corrected chi connectivity index (χ0v) is 38.9. The summed E-state index contributed by atoms with van der Waals surface area (Å²) in [6, 6.07) is 6.59. The molecule has 3 amide bonds. The number of ether oxygens (including phenoxy) is 2. The molecule has 6 atom stereocenters. The minimum Gasteiger partial charge on any atom is -0.460 e. The second-order valence-electron chi connectivity index (χ2n) is 17.0. The Labute approximate surface area is 358 Å². The Hall–Kier alpha value is -3.27. The highest BCUT2D eigenvalue weighted by atomic mass is 35.6. The van der Waals surface area contributed by atoms with E-state index in [9.17, 15) is 24.0 Å². The van der Waals surface area contributed by atoms with Gasteiger partial charge in [0.15, 0.2) is 8.32 Å². The summed E-state index contributed by atoms with van der Waals surface area (Å²) in [6.45, 7) is 22.3.